The lowest BCUT2D eigenvalue weighted by Crippen LogP contribution is -2.60. The number of amides is 4. The summed E-state index contributed by atoms with van der Waals surface area (Å²) < 4.78 is 0. The van der Waals surface area contributed by atoms with Crippen molar-refractivity contribution in [3.05, 3.63) is 83.4 Å². The van der Waals surface area contributed by atoms with Crippen LogP contribution in [0.4, 0.5) is 0 Å². The van der Waals surface area contributed by atoms with Crippen LogP contribution in [0.5, 0.6) is 0 Å². The van der Waals surface area contributed by atoms with Gasteiger partial charge >= 0.3 is 0 Å². The number of nitrogens with zero attached hydrogens (tertiary/aromatic N) is 3. The zero-order chi connectivity index (χ0) is 39.0. The molecule has 2 fully saturated rings. The van der Waals surface area contributed by atoms with Crippen molar-refractivity contribution in [1.82, 2.24) is 25.3 Å². The van der Waals surface area contributed by atoms with E-state index in [1.165, 1.54) is 0 Å². The smallest absolute Gasteiger partial charge is 0.249 e. The molecule has 0 bridgehead atoms. The first kappa shape index (κ1) is 41.7. The Kier molecular flexibility index (Phi) is 14.4. The summed E-state index contributed by atoms with van der Waals surface area (Å²) in [5.74, 6) is -0.956. The average molecular weight is 730 g/mol. The zero-order valence-electron chi connectivity index (χ0n) is 33.3. The van der Waals surface area contributed by atoms with Gasteiger partial charge in [0.1, 0.15) is 18.2 Å². The van der Waals surface area contributed by atoms with Crippen LogP contribution in [0.3, 0.4) is 0 Å². The predicted molar refractivity (Wildman–Crippen MR) is 209 cm³/mol. The summed E-state index contributed by atoms with van der Waals surface area (Å²) in [6, 6.07) is 15.9. The number of likely N-dealkylation sites (N-methyl/N-ethyl adjacent to an activating group) is 1. The monoisotopic (exact) mass is 729 g/mol. The lowest BCUT2D eigenvalue weighted by molar-refractivity contribution is -0.142. The molecule has 6 atom stereocenters. The Morgan fingerprint density at radius 2 is 1.38 bits per heavy atom. The van der Waals surface area contributed by atoms with Gasteiger partial charge in [-0.05, 0) is 75.5 Å². The highest BCUT2D eigenvalue weighted by Crippen LogP contribution is 2.31. The van der Waals surface area contributed by atoms with Crippen molar-refractivity contribution in [3.63, 3.8) is 0 Å². The molecule has 10 heteroatoms. The molecule has 290 valence electrons. The molecule has 3 N–H and O–H groups in total. The van der Waals surface area contributed by atoms with Gasteiger partial charge in [0.15, 0.2) is 0 Å². The van der Waals surface area contributed by atoms with Crippen LogP contribution in [-0.2, 0) is 19.2 Å². The first-order chi connectivity index (χ1) is 25.0. The van der Waals surface area contributed by atoms with Gasteiger partial charge < -0.3 is 25.5 Å². The minimum absolute atomic E-state index is 0.0402. The number of aliphatic hydroxyl groups is 1. The van der Waals surface area contributed by atoms with E-state index in [9.17, 15) is 24.3 Å². The van der Waals surface area contributed by atoms with Crippen molar-refractivity contribution >= 4 is 23.6 Å². The summed E-state index contributed by atoms with van der Waals surface area (Å²) in [6.07, 6.45) is 4.80. The third kappa shape index (κ3) is 10.4. The third-order valence-corrected chi connectivity index (χ3v) is 10.9. The fourth-order valence-electron chi connectivity index (χ4n) is 7.78. The van der Waals surface area contributed by atoms with Gasteiger partial charge in [-0.15, -0.1) is 0 Å². The van der Waals surface area contributed by atoms with E-state index in [1.807, 2.05) is 101 Å². The van der Waals surface area contributed by atoms with Crippen LogP contribution in [0.25, 0.3) is 0 Å². The second kappa shape index (κ2) is 18.3. The molecule has 4 rings (SSSR count). The van der Waals surface area contributed by atoms with Gasteiger partial charge in [0.25, 0.3) is 0 Å². The van der Waals surface area contributed by atoms with E-state index >= 15 is 0 Å². The molecule has 0 aromatic heterocycles. The van der Waals surface area contributed by atoms with E-state index in [0.717, 1.165) is 31.4 Å². The molecule has 4 amide bonds. The van der Waals surface area contributed by atoms with Gasteiger partial charge in [0.05, 0.1) is 18.1 Å². The van der Waals surface area contributed by atoms with E-state index in [0.29, 0.717) is 30.5 Å². The third-order valence-electron chi connectivity index (χ3n) is 10.9. The molecule has 2 saturated heterocycles. The summed E-state index contributed by atoms with van der Waals surface area (Å²) in [5, 5.41) is 17.6. The Balaban J connectivity index is 1.52. The number of benzene rings is 2. The van der Waals surface area contributed by atoms with Crippen LogP contribution in [0.15, 0.2) is 72.3 Å². The van der Waals surface area contributed by atoms with E-state index in [4.69, 9.17) is 0 Å². The summed E-state index contributed by atoms with van der Waals surface area (Å²) in [4.78, 5) is 61.5. The van der Waals surface area contributed by atoms with E-state index in [-0.39, 0.29) is 41.6 Å². The van der Waals surface area contributed by atoms with Crippen molar-refractivity contribution in [1.29, 1.82) is 0 Å². The van der Waals surface area contributed by atoms with Gasteiger partial charge in [0, 0.05) is 25.2 Å². The number of piperidine rings is 1. The van der Waals surface area contributed by atoms with Gasteiger partial charge in [0.2, 0.25) is 23.6 Å². The fourth-order valence-corrected chi connectivity index (χ4v) is 7.78. The number of hydrogen-bond donors (Lipinski definition) is 3. The van der Waals surface area contributed by atoms with Crippen LogP contribution in [0.2, 0.25) is 0 Å². The molecular weight excluding hydrogens is 667 g/mol. The predicted octanol–water partition coefficient (Wildman–Crippen LogP) is 5.79. The number of carbonyl (C=O) groups is 4. The molecule has 2 aromatic rings. The highest BCUT2D eigenvalue weighted by molar-refractivity contribution is 5.97. The lowest BCUT2D eigenvalue weighted by atomic mass is 9.84. The SMILES string of the molecule is C/C(=C\[C@H](C(C)C)N(C)C(=O)C(NC(=O)C1CCCCN1C(C)C)C(C)(C)C)C(=O)N1CCCC1C(=O)N[C@@H](c1ccccc1)[C@@H](O)c1ccccc1. The Labute approximate surface area is 317 Å². The van der Waals surface area contributed by atoms with Crippen molar-refractivity contribution in [2.75, 3.05) is 20.1 Å². The second-order valence-corrected chi connectivity index (χ2v) is 16.6. The van der Waals surface area contributed by atoms with Gasteiger partial charge in [-0.25, -0.2) is 0 Å². The topological polar surface area (TPSA) is 122 Å². The molecule has 2 heterocycles. The average Bonchev–Trinajstić information content (AvgIpc) is 3.64. The maximum atomic E-state index is 14.3. The second-order valence-electron chi connectivity index (χ2n) is 16.6. The number of aliphatic hydroxyl groups excluding tert-OH is 1. The van der Waals surface area contributed by atoms with Crippen molar-refractivity contribution in [3.8, 4) is 0 Å². The molecule has 0 spiro atoms. The molecule has 2 aliphatic rings. The molecule has 2 aliphatic heterocycles. The minimum atomic E-state index is -0.992. The first-order valence-electron chi connectivity index (χ1n) is 19.4. The molecule has 53 heavy (non-hydrogen) atoms. The Bertz CT molecular complexity index is 1570. The van der Waals surface area contributed by atoms with E-state index in [1.54, 1.807) is 23.8 Å². The Hall–Kier alpha value is -4.02. The number of carbonyl (C=O) groups excluding carboxylic acids is 4. The van der Waals surface area contributed by atoms with Crippen LogP contribution >= 0.6 is 0 Å². The molecule has 3 unspecified atom stereocenters. The van der Waals surface area contributed by atoms with Crippen LogP contribution in [-0.4, -0.2) is 93.8 Å². The Morgan fingerprint density at radius 3 is 1.94 bits per heavy atom. The fraction of sp³-hybridized carbons (Fsp3) is 0.581. The summed E-state index contributed by atoms with van der Waals surface area (Å²) in [6.45, 7) is 17.1. The summed E-state index contributed by atoms with van der Waals surface area (Å²) in [5.41, 5.74) is 1.32. The zero-order valence-corrected chi connectivity index (χ0v) is 33.3. The van der Waals surface area contributed by atoms with Crippen molar-refractivity contribution < 1.29 is 24.3 Å². The maximum Gasteiger partial charge on any atom is 0.249 e. The van der Waals surface area contributed by atoms with Crippen LogP contribution in [0, 0.1) is 11.3 Å². The van der Waals surface area contributed by atoms with E-state index < -0.39 is 35.7 Å². The number of nitrogens with one attached hydrogen (secondary N) is 2. The van der Waals surface area contributed by atoms with Gasteiger partial charge in [-0.3, -0.25) is 24.1 Å². The largest absolute Gasteiger partial charge is 0.386 e. The highest BCUT2D eigenvalue weighted by atomic mass is 16.3. The van der Waals surface area contributed by atoms with Crippen LogP contribution in [0.1, 0.15) is 111 Å². The van der Waals surface area contributed by atoms with Crippen molar-refractivity contribution in [2.24, 2.45) is 11.3 Å². The maximum absolute atomic E-state index is 14.3. The number of hydrogen-bond acceptors (Lipinski definition) is 6. The molecular formula is C43H63N5O5. The van der Waals surface area contributed by atoms with E-state index in [2.05, 4.69) is 29.4 Å². The summed E-state index contributed by atoms with van der Waals surface area (Å²) >= 11 is 0. The standard InChI is InChI=1S/C43H63N5O5/c1-28(2)35(46(9)42(53)38(43(6,7)8)45-40(51)33-23-16-17-25-47(33)29(3)4)27-30(5)41(52)48-26-18-24-34(48)39(50)44-36(31-19-12-10-13-20-31)37(49)32-21-14-11-15-22-32/h10-15,19-22,27-29,33-38,49H,16-18,23-26H2,1-9H3,(H,44,50)(H,45,51)/b30-27+/t33?,34?,35-,36+,37+,38?/m1/s1. The highest BCUT2D eigenvalue weighted by Gasteiger charge is 2.41. The normalized spacial score (nSPS) is 20.8. The molecule has 0 aliphatic carbocycles. The number of likely N-dealkylation sites (tertiary alicyclic amines) is 2. The minimum Gasteiger partial charge on any atom is -0.386 e. The molecule has 0 saturated carbocycles. The lowest BCUT2D eigenvalue weighted by Gasteiger charge is -2.41. The Morgan fingerprint density at radius 1 is 0.811 bits per heavy atom. The quantitative estimate of drug-likeness (QED) is 0.225. The molecule has 2 aromatic carbocycles. The molecule has 10 nitrogen and oxygen atoms in total. The van der Waals surface area contributed by atoms with Gasteiger partial charge in [-0.2, -0.15) is 0 Å². The first-order valence-corrected chi connectivity index (χ1v) is 19.4. The molecule has 0 radical (unpaired) electrons. The number of rotatable bonds is 13. The van der Waals surface area contributed by atoms with Crippen molar-refractivity contribution in [2.45, 2.75) is 130 Å². The van der Waals surface area contributed by atoms with Gasteiger partial charge in [-0.1, -0.05) is 108 Å². The summed E-state index contributed by atoms with van der Waals surface area (Å²) in [7, 11) is 1.74. The van der Waals surface area contributed by atoms with Crippen LogP contribution < -0.4 is 10.6 Å².